The topological polar surface area (TPSA) is 44.7 Å². The smallest absolute Gasteiger partial charge is 0.248 e. The highest BCUT2D eigenvalue weighted by atomic mass is 35.5. The standard InChI is InChI=1S/C31H40ClF2N3O/c1-2-8-28(32)36-25-12-7-14-30(19-25)21-35-20-26(30)29(38)37-16-13-23(22-9-4-3-5-10-22)17-27(37)24-11-6-15-31(33,34)18-24/h2-5,8-10,23-24,26-27,35H,1,6-7,11-21H2/b28-8-,36-25?/t23-,24?,26+,27?,30-/m1/s1. The maximum atomic E-state index is 14.6. The minimum Gasteiger partial charge on any atom is -0.339 e. The highest BCUT2D eigenvalue weighted by Gasteiger charge is 2.52. The molecular weight excluding hydrogens is 504 g/mol. The molecule has 2 saturated carbocycles. The second-order valence-electron chi connectivity index (χ2n) is 11.9. The Morgan fingerprint density at radius 1 is 1.18 bits per heavy atom. The van der Waals surface area contributed by atoms with Crippen LogP contribution in [0.2, 0.25) is 0 Å². The van der Waals surface area contributed by atoms with Gasteiger partial charge in [-0.05, 0) is 74.8 Å². The number of benzene rings is 1. The first-order valence-electron chi connectivity index (χ1n) is 14.3. The normalized spacial score (nSPS) is 35.0. The molecule has 206 valence electrons. The maximum absolute atomic E-state index is 14.6. The molecule has 0 aromatic heterocycles. The van der Waals surface area contributed by atoms with E-state index in [0.29, 0.717) is 30.6 Å². The van der Waals surface area contributed by atoms with Crippen LogP contribution in [0.15, 0.2) is 59.2 Å². The molecular formula is C31H40ClF2N3O. The summed E-state index contributed by atoms with van der Waals surface area (Å²) in [6.07, 6.45) is 9.65. The van der Waals surface area contributed by atoms with Gasteiger partial charge in [0.05, 0.1) is 5.92 Å². The van der Waals surface area contributed by atoms with Gasteiger partial charge in [-0.15, -0.1) is 0 Å². The second kappa shape index (κ2) is 11.6. The number of piperidine rings is 1. The van der Waals surface area contributed by atoms with Crippen LogP contribution in [0.1, 0.15) is 75.7 Å². The first-order valence-corrected chi connectivity index (χ1v) is 14.7. The molecule has 2 unspecified atom stereocenters. The van der Waals surface area contributed by atoms with Crippen molar-refractivity contribution < 1.29 is 13.6 Å². The van der Waals surface area contributed by atoms with Crippen LogP contribution < -0.4 is 5.32 Å². The quantitative estimate of drug-likeness (QED) is 0.319. The summed E-state index contributed by atoms with van der Waals surface area (Å²) in [6, 6.07) is 10.2. The van der Waals surface area contributed by atoms with Gasteiger partial charge in [0.15, 0.2) is 0 Å². The number of allylic oxidation sites excluding steroid dienone is 2. The molecule has 38 heavy (non-hydrogen) atoms. The van der Waals surface area contributed by atoms with Crippen molar-refractivity contribution in [2.45, 2.75) is 82.1 Å². The van der Waals surface area contributed by atoms with Crippen molar-refractivity contribution in [1.82, 2.24) is 10.2 Å². The Morgan fingerprint density at radius 3 is 2.76 bits per heavy atom. The van der Waals surface area contributed by atoms with Crippen molar-refractivity contribution in [3.05, 3.63) is 59.8 Å². The Bertz CT molecular complexity index is 1070. The largest absolute Gasteiger partial charge is 0.339 e. The number of aliphatic imine (C=N–C) groups is 1. The summed E-state index contributed by atoms with van der Waals surface area (Å²) in [5.41, 5.74) is 2.09. The third-order valence-electron chi connectivity index (χ3n) is 9.50. The molecule has 0 radical (unpaired) electrons. The van der Waals surface area contributed by atoms with Crippen molar-refractivity contribution in [2.75, 3.05) is 19.6 Å². The molecule has 1 aromatic carbocycles. The van der Waals surface area contributed by atoms with E-state index in [0.717, 1.165) is 57.2 Å². The summed E-state index contributed by atoms with van der Waals surface area (Å²) in [4.78, 5) is 21.0. The number of halogens is 3. The van der Waals surface area contributed by atoms with E-state index in [1.165, 1.54) is 5.56 Å². The lowest BCUT2D eigenvalue weighted by Gasteiger charge is -2.48. The van der Waals surface area contributed by atoms with Crippen LogP contribution in [0.25, 0.3) is 0 Å². The molecule has 1 amide bonds. The number of nitrogens with zero attached hydrogens (tertiary/aromatic N) is 2. The number of nitrogens with one attached hydrogen (secondary N) is 1. The molecule has 2 saturated heterocycles. The molecule has 5 atom stereocenters. The third kappa shape index (κ3) is 5.91. The number of hydrogen-bond acceptors (Lipinski definition) is 3. The van der Waals surface area contributed by atoms with Gasteiger partial charge in [0.2, 0.25) is 11.8 Å². The lowest BCUT2D eigenvalue weighted by molar-refractivity contribution is -0.147. The highest BCUT2D eigenvalue weighted by molar-refractivity contribution is 6.30. The zero-order valence-electron chi connectivity index (χ0n) is 22.2. The number of alkyl halides is 2. The number of likely N-dealkylation sites (tertiary alicyclic amines) is 1. The zero-order chi connectivity index (χ0) is 26.8. The average molecular weight is 544 g/mol. The van der Waals surface area contributed by atoms with Crippen LogP contribution in [-0.4, -0.2) is 48.1 Å². The maximum Gasteiger partial charge on any atom is 0.248 e. The van der Waals surface area contributed by atoms with Crippen molar-refractivity contribution in [2.24, 2.45) is 22.2 Å². The molecule has 5 rings (SSSR count). The fourth-order valence-corrected chi connectivity index (χ4v) is 7.91. The number of hydrogen-bond donors (Lipinski definition) is 1. The van der Waals surface area contributed by atoms with Crippen molar-refractivity contribution in [3.63, 3.8) is 0 Å². The van der Waals surface area contributed by atoms with E-state index in [9.17, 15) is 13.6 Å². The molecule has 4 aliphatic rings. The van der Waals surface area contributed by atoms with Gasteiger partial charge in [0.1, 0.15) is 5.16 Å². The summed E-state index contributed by atoms with van der Waals surface area (Å²) >= 11 is 6.27. The van der Waals surface area contributed by atoms with Crippen LogP contribution in [0.3, 0.4) is 0 Å². The zero-order valence-corrected chi connectivity index (χ0v) is 22.9. The molecule has 1 aromatic rings. The molecule has 2 heterocycles. The van der Waals surface area contributed by atoms with E-state index in [4.69, 9.17) is 11.6 Å². The monoisotopic (exact) mass is 543 g/mol. The van der Waals surface area contributed by atoms with E-state index in [2.05, 4.69) is 29.0 Å². The van der Waals surface area contributed by atoms with Gasteiger partial charge >= 0.3 is 0 Å². The van der Waals surface area contributed by atoms with E-state index < -0.39 is 5.92 Å². The molecule has 7 heteroatoms. The van der Waals surface area contributed by atoms with Gasteiger partial charge in [-0.25, -0.2) is 13.8 Å². The first-order chi connectivity index (χ1) is 18.3. The molecule has 4 nitrogen and oxygen atoms in total. The molecule has 2 aliphatic heterocycles. The summed E-state index contributed by atoms with van der Waals surface area (Å²) in [5.74, 6) is -2.53. The van der Waals surface area contributed by atoms with Crippen LogP contribution in [0.5, 0.6) is 0 Å². The number of rotatable bonds is 5. The Hall–Kier alpha value is -2.05. The Labute approximate surface area is 230 Å². The van der Waals surface area contributed by atoms with Gasteiger partial charge in [0, 0.05) is 49.6 Å². The average Bonchev–Trinajstić information content (AvgIpc) is 3.30. The van der Waals surface area contributed by atoms with Crippen molar-refractivity contribution in [1.29, 1.82) is 0 Å². The van der Waals surface area contributed by atoms with Crippen LogP contribution >= 0.6 is 11.6 Å². The van der Waals surface area contributed by atoms with E-state index in [1.807, 2.05) is 23.1 Å². The van der Waals surface area contributed by atoms with Gasteiger partial charge in [-0.1, -0.05) is 54.6 Å². The lowest BCUT2D eigenvalue weighted by atomic mass is 9.66. The van der Waals surface area contributed by atoms with Crippen LogP contribution in [0.4, 0.5) is 8.78 Å². The van der Waals surface area contributed by atoms with E-state index in [1.54, 1.807) is 12.2 Å². The van der Waals surface area contributed by atoms with Crippen molar-refractivity contribution >= 4 is 23.2 Å². The fraction of sp³-hybridized carbons (Fsp3) is 0.613. The van der Waals surface area contributed by atoms with Crippen molar-refractivity contribution in [3.8, 4) is 0 Å². The van der Waals surface area contributed by atoms with Gasteiger partial charge < -0.3 is 10.2 Å². The third-order valence-corrected chi connectivity index (χ3v) is 9.71. The number of carbonyl (C=O) groups is 1. The Morgan fingerprint density at radius 2 is 2.00 bits per heavy atom. The molecule has 1 spiro atoms. The number of amides is 1. The Balaban J connectivity index is 1.40. The van der Waals surface area contributed by atoms with Crippen LogP contribution in [-0.2, 0) is 4.79 Å². The highest BCUT2D eigenvalue weighted by Crippen LogP contribution is 2.48. The number of carbonyl (C=O) groups excluding carboxylic acids is 1. The van der Waals surface area contributed by atoms with Gasteiger partial charge in [0.25, 0.3) is 0 Å². The summed E-state index contributed by atoms with van der Waals surface area (Å²) in [6.45, 7) is 5.73. The summed E-state index contributed by atoms with van der Waals surface area (Å²) < 4.78 is 29.2. The summed E-state index contributed by atoms with van der Waals surface area (Å²) in [7, 11) is 0. The second-order valence-corrected chi connectivity index (χ2v) is 12.3. The molecule has 2 aliphatic carbocycles. The van der Waals surface area contributed by atoms with Gasteiger partial charge in [-0.3, -0.25) is 4.79 Å². The van der Waals surface area contributed by atoms with E-state index in [-0.39, 0.29) is 42.0 Å². The van der Waals surface area contributed by atoms with Crippen LogP contribution in [0, 0.1) is 17.3 Å². The SMILES string of the molecule is C=C/C=C(/Cl)N=C1CCC[C@]2(CNC[C@H]2C(=O)N2CC[C@@H](c3ccccc3)CC2C2CCCC(F)(F)C2)C1. The molecule has 1 N–H and O–H groups in total. The first kappa shape index (κ1) is 27.5. The fourth-order valence-electron chi connectivity index (χ4n) is 7.70. The minimum absolute atomic E-state index is 0.0348. The lowest BCUT2D eigenvalue weighted by Crippen LogP contribution is -2.55. The predicted molar refractivity (Wildman–Crippen MR) is 150 cm³/mol. The summed E-state index contributed by atoms with van der Waals surface area (Å²) in [5, 5.41) is 3.93. The van der Waals surface area contributed by atoms with E-state index >= 15 is 0 Å². The molecule has 0 bridgehead atoms. The molecule has 4 fully saturated rings. The van der Waals surface area contributed by atoms with Gasteiger partial charge in [-0.2, -0.15) is 0 Å². The predicted octanol–water partition coefficient (Wildman–Crippen LogP) is 7.07. The Kier molecular flexibility index (Phi) is 8.39. The minimum atomic E-state index is -2.64.